The van der Waals surface area contributed by atoms with Crippen molar-refractivity contribution in [3.63, 3.8) is 0 Å². The first-order chi connectivity index (χ1) is 7.81. The second-order valence-corrected chi connectivity index (χ2v) is 4.92. The number of rotatable bonds is 6. The van der Waals surface area contributed by atoms with Crippen molar-refractivity contribution >= 4 is 0 Å². The minimum absolute atomic E-state index is 0.444. The van der Waals surface area contributed by atoms with Gasteiger partial charge in [-0.25, -0.2) is 0 Å². The maximum Gasteiger partial charge on any atom is 0.0253 e. The van der Waals surface area contributed by atoms with Gasteiger partial charge in [-0.1, -0.05) is 44.0 Å². The fourth-order valence-corrected chi connectivity index (χ4v) is 2.16. The molecule has 1 unspecified atom stereocenters. The van der Waals surface area contributed by atoms with E-state index in [9.17, 15) is 0 Å². The van der Waals surface area contributed by atoms with Gasteiger partial charge in [0.15, 0.2) is 0 Å². The second-order valence-electron chi connectivity index (χ2n) is 4.92. The molecule has 2 nitrogen and oxygen atoms in total. The van der Waals surface area contributed by atoms with Gasteiger partial charge in [0.2, 0.25) is 0 Å². The summed E-state index contributed by atoms with van der Waals surface area (Å²) < 4.78 is 0. The van der Waals surface area contributed by atoms with Crippen molar-refractivity contribution < 1.29 is 0 Å². The average Bonchev–Trinajstić information content (AvgIpc) is 3.13. The predicted octanol–water partition coefficient (Wildman–Crippen LogP) is 2.42. The average molecular weight is 218 g/mol. The molecule has 0 heterocycles. The highest BCUT2D eigenvalue weighted by Crippen LogP contribution is 2.33. The first-order valence-electron chi connectivity index (χ1n) is 6.35. The van der Waals surface area contributed by atoms with Gasteiger partial charge >= 0.3 is 0 Å². The molecule has 88 valence electrons. The van der Waals surface area contributed by atoms with Crippen LogP contribution in [0.5, 0.6) is 0 Å². The van der Waals surface area contributed by atoms with E-state index in [2.05, 4.69) is 36.6 Å². The molecular formula is C14H22N2. The van der Waals surface area contributed by atoms with Gasteiger partial charge in [-0.05, 0) is 36.3 Å². The molecule has 0 saturated heterocycles. The summed E-state index contributed by atoms with van der Waals surface area (Å²) in [5.74, 6) is 6.53. The zero-order valence-corrected chi connectivity index (χ0v) is 10.1. The number of benzene rings is 1. The van der Waals surface area contributed by atoms with Crippen LogP contribution in [0.25, 0.3) is 0 Å². The predicted molar refractivity (Wildman–Crippen MR) is 68.0 cm³/mol. The molecule has 0 bridgehead atoms. The Kier molecular flexibility index (Phi) is 3.97. The first-order valence-corrected chi connectivity index (χ1v) is 6.35. The summed E-state index contributed by atoms with van der Waals surface area (Å²) in [7, 11) is 0. The van der Waals surface area contributed by atoms with E-state index in [1.807, 2.05) is 0 Å². The highest BCUT2D eigenvalue weighted by Gasteiger charge is 2.24. The SMILES string of the molecule is CCc1ccc(CC(CC2CC2)NN)cc1. The van der Waals surface area contributed by atoms with Gasteiger partial charge < -0.3 is 0 Å². The van der Waals surface area contributed by atoms with E-state index in [1.54, 1.807) is 0 Å². The minimum Gasteiger partial charge on any atom is -0.271 e. The van der Waals surface area contributed by atoms with Gasteiger partial charge in [0.1, 0.15) is 0 Å². The molecule has 1 aliphatic rings. The van der Waals surface area contributed by atoms with E-state index in [-0.39, 0.29) is 0 Å². The summed E-state index contributed by atoms with van der Waals surface area (Å²) in [6.07, 6.45) is 6.18. The third kappa shape index (κ3) is 3.32. The first kappa shape index (κ1) is 11.6. The molecular weight excluding hydrogens is 196 g/mol. The molecule has 1 atom stereocenters. The molecule has 3 N–H and O–H groups in total. The quantitative estimate of drug-likeness (QED) is 0.568. The van der Waals surface area contributed by atoms with Crippen LogP contribution in [0, 0.1) is 5.92 Å². The van der Waals surface area contributed by atoms with E-state index >= 15 is 0 Å². The topological polar surface area (TPSA) is 38.0 Å². The Balaban J connectivity index is 1.89. The number of hydrogen-bond acceptors (Lipinski definition) is 2. The van der Waals surface area contributed by atoms with E-state index in [4.69, 9.17) is 5.84 Å². The lowest BCUT2D eigenvalue weighted by Crippen LogP contribution is -2.37. The van der Waals surface area contributed by atoms with Gasteiger partial charge in [-0.3, -0.25) is 11.3 Å². The van der Waals surface area contributed by atoms with Crippen LogP contribution >= 0.6 is 0 Å². The van der Waals surface area contributed by atoms with Crippen LogP contribution in [-0.4, -0.2) is 6.04 Å². The summed E-state index contributed by atoms with van der Waals surface area (Å²) in [6, 6.07) is 9.35. The standard InChI is InChI=1S/C14H22N2/c1-2-11-3-5-12(6-4-11)9-14(16-15)10-13-7-8-13/h3-6,13-14,16H,2,7-10,15H2,1H3. The fourth-order valence-electron chi connectivity index (χ4n) is 2.16. The second kappa shape index (κ2) is 5.46. The van der Waals surface area contributed by atoms with Gasteiger partial charge in [0, 0.05) is 6.04 Å². The number of hydrogen-bond donors (Lipinski definition) is 2. The number of nitrogens with two attached hydrogens (primary N) is 1. The third-order valence-electron chi connectivity index (χ3n) is 3.46. The van der Waals surface area contributed by atoms with E-state index in [1.165, 1.54) is 30.4 Å². The molecule has 0 spiro atoms. The monoisotopic (exact) mass is 218 g/mol. The highest BCUT2D eigenvalue weighted by atomic mass is 15.2. The van der Waals surface area contributed by atoms with Crippen LogP contribution in [0.4, 0.5) is 0 Å². The zero-order valence-electron chi connectivity index (χ0n) is 10.1. The Morgan fingerprint density at radius 3 is 2.38 bits per heavy atom. The number of hydrazine groups is 1. The highest BCUT2D eigenvalue weighted by molar-refractivity contribution is 5.23. The van der Waals surface area contributed by atoms with Gasteiger partial charge in [0.05, 0.1) is 0 Å². The Bertz CT molecular complexity index is 314. The normalized spacial score (nSPS) is 17.4. The van der Waals surface area contributed by atoms with Crippen LogP contribution < -0.4 is 11.3 Å². The Labute approximate surface area is 98.2 Å². The van der Waals surface area contributed by atoms with Crippen molar-refractivity contribution in [2.75, 3.05) is 0 Å². The van der Waals surface area contributed by atoms with Crippen molar-refractivity contribution in [3.8, 4) is 0 Å². The zero-order chi connectivity index (χ0) is 11.4. The van der Waals surface area contributed by atoms with Crippen LogP contribution in [0.15, 0.2) is 24.3 Å². The van der Waals surface area contributed by atoms with Crippen molar-refractivity contribution in [1.82, 2.24) is 5.43 Å². The molecule has 1 saturated carbocycles. The summed E-state index contributed by atoms with van der Waals surface area (Å²) >= 11 is 0. The van der Waals surface area contributed by atoms with Crippen LogP contribution in [-0.2, 0) is 12.8 Å². The van der Waals surface area contributed by atoms with Gasteiger partial charge in [0.25, 0.3) is 0 Å². The molecule has 1 aliphatic carbocycles. The molecule has 0 aliphatic heterocycles. The Morgan fingerprint density at radius 2 is 1.88 bits per heavy atom. The van der Waals surface area contributed by atoms with Crippen LogP contribution in [0.3, 0.4) is 0 Å². The molecule has 1 fully saturated rings. The lowest BCUT2D eigenvalue weighted by molar-refractivity contribution is 0.466. The van der Waals surface area contributed by atoms with Crippen molar-refractivity contribution in [2.45, 2.75) is 45.1 Å². The molecule has 1 aromatic carbocycles. The minimum atomic E-state index is 0.444. The lowest BCUT2D eigenvalue weighted by atomic mass is 10.0. The Hall–Kier alpha value is -0.860. The van der Waals surface area contributed by atoms with Crippen LogP contribution in [0.2, 0.25) is 0 Å². The molecule has 0 aromatic heterocycles. The summed E-state index contributed by atoms with van der Waals surface area (Å²) in [4.78, 5) is 0. The largest absolute Gasteiger partial charge is 0.271 e. The van der Waals surface area contributed by atoms with Gasteiger partial charge in [-0.2, -0.15) is 0 Å². The molecule has 0 amide bonds. The summed E-state index contributed by atoms with van der Waals surface area (Å²) in [5, 5.41) is 0. The number of aryl methyl sites for hydroxylation is 1. The molecule has 0 radical (unpaired) electrons. The van der Waals surface area contributed by atoms with E-state index in [0.717, 1.165) is 18.8 Å². The maximum absolute atomic E-state index is 5.60. The third-order valence-corrected chi connectivity index (χ3v) is 3.46. The fraction of sp³-hybridized carbons (Fsp3) is 0.571. The molecule has 16 heavy (non-hydrogen) atoms. The van der Waals surface area contributed by atoms with Crippen LogP contribution in [0.1, 0.15) is 37.3 Å². The van der Waals surface area contributed by atoms with Crippen molar-refractivity contribution in [3.05, 3.63) is 35.4 Å². The number of nitrogens with one attached hydrogen (secondary N) is 1. The molecule has 2 rings (SSSR count). The smallest absolute Gasteiger partial charge is 0.0253 e. The van der Waals surface area contributed by atoms with Crippen molar-refractivity contribution in [2.24, 2.45) is 11.8 Å². The molecule has 1 aromatic rings. The van der Waals surface area contributed by atoms with Crippen molar-refractivity contribution in [1.29, 1.82) is 0 Å². The summed E-state index contributed by atoms with van der Waals surface area (Å²) in [5.41, 5.74) is 5.75. The maximum atomic E-state index is 5.60. The summed E-state index contributed by atoms with van der Waals surface area (Å²) in [6.45, 7) is 2.19. The van der Waals surface area contributed by atoms with Gasteiger partial charge in [-0.15, -0.1) is 0 Å². The lowest BCUT2D eigenvalue weighted by Gasteiger charge is -2.15. The van der Waals surface area contributed by atoms with E-state index < -0.39 is 0 Å². The molecule has 2 heteroatoms. The Morgan fingerprint density at radius 1 is 1.25 bits per heavy atom. The van der Waals surface area contributed by atoms with E-state index in [0.29, 0.717) is 6.04 Å².